The molecule has 0 saturated heterocycles. The number of aromatic nitrogens is 1. The predicted molar refractivity (Wildman–Crippen MR) is 95.5 cm³/mol. The molecule has 0 fully saturated rings. The maximum atomic E-state index is 11.7. The first-order valence-electron chi connectivity index (χ1n) is 8.16. The number of nitrogens with zero attached hydrogens (tertiary/aromatic N) is 2. The van der Waals surface area contributed by atoms with Crippen molar-refractivity contribution < 1.29 is 14.5 Å². The first-order valence-corrected chi connectivity index (χ1v) is 8.16. The van der Waals surface area contributed by atoms with Crippen molar-refractivity contribution >= 4 is 11.5 Å². The maximum absolute atomic E-state index is 11.7. The molecule has 128 valence electrons. The molecule has 0 N–H and O–H groups in total. The molecule has 0 radical (unpaired) electrons. The Morgan fingerprint density at radius 3 is 2.58 bits per heavy atom. The molecule has 3 aromatic rings. The van der Waals surface area contributed by atoms with Gasteiger partial charge in [-0.15, -0.1) is 0 Å². The summed E-state index contributed by atoms with van der Waals surface area (Å²) in [6.07, 6.45) is 1.22. The second-order valence-corrected chi connectivity index (χ2v) is 5.98. The van der Waals surface area contributed by atoms with Crippen LogP contribution in [0.3, 0.4) is 0 Å². The van der Waals surface area contributed by atoms with Gasteiger partial charge in [0.1, 0.15) is 5.75 Å². The van der Waals surface area contributed by atoms with E-state index in [1.54, 1.807) is 36.4 Å². The molecule has 0 spiro atoms. The van der Waals surface area contributed by atoms with Crippen molar-refractivity contribution in [1.29, 1.82) is 0 Å². The first-order chi connectivity index (χ1) is 12.6. The number of carbonyl (C=O) groups excluding carboxylic acids is 1. The highest BCUT2D eigenvalue weighted by molar-refractivity contribution is 6.00. The summed E-state index contributed by atoms with van der Waals surface area (Å²) >= 11 is 0. The number of fused-ring (bicyclic) bond motifs is 1. The third kappa shape index (κ3) is 2.93. The maximum Gasteiger partial charge on any atom is 0.295 e. The molecule has 2 aromatic carbocycles. The molecule has 1 aliphatic rings. The Hall–Kier alpha value is -3.54. The smallest absolute Gasteiger partial charge is 0.295 e. The number of benzene rings is 2. The van der Waals surface area contributed by atoms with E-state index in [0.29, 0.717) is 24.2 Å². The lowest BCUT2D eigenvalue weighted by Crippen LogP contribution is -1.97. The van der Waals surface area contributed by atoms with E-state index in [9.17, 15) is 14.9 Å². The van der Waals surface area contributed by atoms with Crippen LogP contribution in [0.2, 0.25) is 0 Å². The van der Waals surface area contributed by atoms with Crippen LogP contribution in [-0.2, 0) is 6.42 Å². The Kier molecular flexibility index (Phi) is 3.93. The molecule has 0 saturated carbocycles. The van der Waals surface area contributed by atoms with E-state index in [-0.39, 0.29) is 23.0 Å². The summed E-state index contributed by atoms with van der Waals surface area (Å²) in [5, 5.41) is 11.3. The van der Waals surface area contributed by atoms with Gasteiger partial charge in [-0.05, 0) is 30.2 Å². The van der Waals surface area contributed by atoms with Crippen molar-refractivity contribution in [3.63, 3.8) is 0 Å². The van der Waals surface area contributed by atoms with Crippen LogP contribution in [-0.4, -0.2) is 15.7 Å². The van der Waals surface area contributed by atoms with Crippen LogP contribution in [0, 0.1) is 10.1 Å². The molecule has 6 nitrogen and oxygen atoms in total. The molecule has 0 atom stereocenters. The Bertz CT molecular complexity index is 1020. The van der Waals surface area contributed by atoms with Crippen LogP contribution in [0.1, 0.15) is 22.3 Å². The van der Waals surface area contributed by atoms with Gasteiger partial charge in [0, 0.05) is 29.7 Å². The number of hydrogen-bond acceptors (Lipinski definition) is 5. The minimum Gasteiger partial charge on any atom is -0.439 e. The topological polar surface area (TPSA) is 82.3 Å². The van der Waals surface area contributed by atoms with Gasteiger partial charge in [-0.3, -0.25) is 14.9 Å². The second kappa shape index (κ2) is 6.40. The highest BCUT2D eigenvalue weighted by Crippen LogP contribution is 2.33. The SMILES string of the molecule is O=C1CCc2cc(Oc3ccc([N+](=O)[O-])c(-c4ccccc4)n3)ccc21. The molecule has 0 aliphatic heterocycles. The normalized spacial score (nSPS) is 12.7. The zero-order chi connectivity index (χ0) is 18.1. The number of pyridine rings is 1. The predicted octanol–water partition coefficient (Wildman–Crippen LogP) is 4.58. The van der Waals surface area contributed by atoms with Gasteiger partial charge < -0.3 is 4.74 Å². The summed E-state index contributed by atoms with van der Waals surface area (Å²) in [6.45, 7) is 0. The van der Waals surface area contributed by atoms with E-state index in [4.69, 9.17) is 4.74 Å². The fourth-order valence-corrected chi connectivity index (χ4v) is 3.06. The van der Waals surface area contributed by atoms with Gasteiger partial charge in [0.15, 0.2) is 11.5 Å². The second-order valence-electron chi connectivity index (χ2n) is 5.98. The summed E-state index contributed by atoms with van der Waals surface area (Å²) in [4.78, 5) is 26.9. The summed E-state index contributed by atoms with van der Waals surface area (Å²) < 4.78 is 5.79. The van der Waals surface area contributed by atoms with E-state index < -0.39 is 4.92 Å². The van der Waals surface area contributed by atoms with Crippen molar-refractivity contribution in [2.45, 2.75) is 12.8 Å². The van der Waals surface area contributed by atoms with E-state index in [2.05, 4.69) is 4.98 Å². The van der Waals surface area contributed by atoms with Gasteiger partial charge in [0.2, 0.25) is 5.88 Å². The van der Waals surface area contributed by atoms with Crippen molar-refractivity contribution in [2.75, 3.05) is 0 Å². The van der Waals surface area contributed by atoms with Gasteiger partial charge in [-0.2, -0.15) is 0 Å². The van der Waals surface area contributed by atoms with Gasteiger partial charge in [0.25, 0.3) is 5.69 Å². The Morgan fingerprint density at radius 2 is 1.81 bits per heavy atom. The molecule has 6 heteroatoms. The number of hydrogen-bond donors (Lipinski definition) is 0. The highest BCUT2D eigenvalue weighted by atomic mass is 16.6. The minimum atomic E-state index is -0.458. The van der Waals surface area contributed by atoms with Crippen LogP contribution >= 0.6 is 0 Å². The number of nitro groups is 1. The number of rotatable bonds is 4. The number of Topliss-reactive ketones (excluding diaryl/α,β-unsaturated/α-hetero) is 1. The molecule has 0 amide bonds. The number of ketones is 1. The third-order valence-corrected chi connectivity index (χ3v) is 4.31. The van der Waals surface area contributed by atoms with Crippen LogP contribution in [0.5, 0.6) is 11.6 Å². The Balaban J connectivity index is 1.70. The zero-order valence-electron chi connectivity index (χ0n) is 13.7. The van der Waals surface area contributed by atoms with Gasteiger partial charge in [-0.1, -0.05) is 30.3 Å². The van der Waals surface area contributed by atoms with Crippen molar-refractivity contribution in [3.05, 3.63) is 81.9 Å². The molecule has 26 heavy (non-hydrogen) atoms. The summed E-state index contributed by atoms with van der Waals surface area (Å²) in [6, 6.07) is 17.1. The lowest BCUT2D eigenvalue weighted by Gasteiger charge is -2.09. The van der Waals surface area contributed by atoms with E-state index in [1.165, 1.54) is 12.1 Å². The largest absolute Gasteiger partial charge is 0.439 e. The molecule has 0 bridgehead atoms. The monoisotopic (exact) mass is 346 g/mol. The summed E-state index contributed by atoms with van der Waals surface area (Å²) in [5.74, 6) is 0.962. The van der Waals surface area contributed by atoms with E-state index in [1.807, 2.05) is 12.1 Å². The third-order valence-electron chi connectivity index (χ3n) is 4.31. The van der Waals surface area contributed by atoms with Gasteiger partial charge in [0.05, 0.1) is 4.92 Å². The fourth-order valence-electron chi connectivity index (χ4n) is 3.06. The Labute approximate surface area is 149 Å². The molecule has 0 unspecified atom stereocenters. The molecular formula is C20H14N2O4. The molecule has 4 rings (SSSR count). The molecule has 1 aliphatic carbocycles. The van der Waals surface area contributed by atoms with Crippen molar-refractivity contribution in [1.82, 2.24) is 4.98 Å². The molecule has 1 heterocycles. The van der Waals surface area contributed by atoms with Crippen LogP contribution in [0.25, 0.3) is 11.3 Å². The average molecular weight is 346 g/mol. The average Bonchev–Trinajstić information content (AvgIpc) is 3.02. The minimum absolute atomic E-state index is 0.0805. The molecular weight excluding hydrogens is 332 g/mol. The van der Waals surface area contributed by atoms with E-state index >= 15 is 0 Å². The molecule has 1 aromatic heterocycles. The Morgan fingerprint density at radius 1 is 1.00 bits per heavy atom. The van der Waals surface area contributed by atoms with Crippen LogP contribution in [0.15, 0.2) is 60.7 Å². The lowest BCUT2D eigenvalue weighted by atomic mass is 10.1. The van der Waals surface area contributed by atoms with E-state index in [0.717, 1.165) is 11.1 Å². The lowest BCUT2D eigenvalue weighted by molar-refractivity contribution is -0.384. The van der Waals surface area contributed by atoms with Crippen LogP contribution < -0.4 is 4.74 Å². The number of ether oxygens (including phenoxy) is 1. The first kappa shape index (κ1) is 16.0. The van der Waals surface area contributed by atoms with Crippen LogP contribution in [0.4, 0.5) is 5.69 Å². The summed E-state index contributed by atoms with van der Waals surface area (Å²) in [7, 11) is 0. The summed E-state index contributed by atoms with van der Waals surface area (Å²) in [5.41, 5.74) is 2.51. The standard InChI is InChI=1S/C20H14N2O4/c23-18-10-6-14-12-15(7-8-16(14)18)26-19-11-9-17(22(24)25)20(21-19)13-4-2-1-3-5-13/h1-5,7-9,11-12H,6,10H2. The van der Waals surface area contributed by atoms with Crippen molar-refractivity contribution in [2.24, 2.45) is 0 Å². The number of carbonyl (C=O) groups is 1. The zero-order valence-corrected chi connectivity index (χ0v) is 13.7. The van der Waals surface area contributed by atoms with Crippen molar-refractivity contribution in [3.8, 4) is 22.9 Å². The number of aryl methyl sites for hydroxylation is 1. The quantitative estimate of drug-likeness (QED) is 0.510. The van der Waals surface area contributed by atoms with Gasteiger partial charge >= 0.3 is 0 Å². The van der Waals surface area contributed by atoms with Gasteiger partial charge in [-0.25, -0.2) is 4.98 Å². The highest BCUT2D eigenvalue weighted by Gasteiger charge is 2.21. The fraction of sp³-hybridized carbons (Fsp3) is 0.100.